The highest BCUT2D eigenvalue weighted by Crippen LogP contribution is 2.36. The van der Waals surface area contributed by atoms with E-state index < -0.39 is 0 Å². The number of carbonyl (C=O) groups is 1. The molecule has 0 radical (unpaired) electrons. The number of imidazole rings is 1. The van der Waals surface area contributed by atoms with E-state index >= 15 is 0 Å². The summed E-state index contributed by atoms with van der Waals surface area (Å²) in [5.41, 5.74) is 4.54. The van der Waals surface area contributed by atoms with Gasteiger partial charge in [0.15, 0.2) is 5.75 Å². The Labute approximate surface area is 230 Å². The molecule has 37 heavy (non-hydrogen) atoms. The molecule has 0 atom stereocenters. The van der Waals surface area contributed by atoms with Gasteiger partial charge in [0, 0.05) is 34.4 Å². The zero-order valence-electron chi connectivity index (χ0n) is 20.0. The molecular weight excluding hydrogens is 531 g/mol. The SMILES string of the molecule is O=C(NCCc1ccc(Cl)cc1Cl)c1cccc2c1OCCN2Cc1cncn1Cc1ccc(Cl)cc1. The normalized spacial score (nSPS) is 12.7. The number of carbonyl (C=O) groups excluding carboxylic acids is 1. The predicted octanol–water partition coefficient (Wildman–Crippen LogP) is 6.26. The van der Waals surface area contributed by atoms with Crippen LogP contribution in [0.2, 0.25) is 15.1 Å². The number of ether oxygens (including phenoxy) is 1. The first-order chi connectivity index (χ1) is 18.0. The second kappa shape index (κ2) is 11.5. The van der Waals surface area contributed by atoms with Gasteiger partial charge in [-0.3, -0.25) is 4.79 Å². The van der Waals surface area contributed by atoms with Gasteiger partial charge in [-0.1, -0.05) is 59.1 Å². The number of fused-ring (bicyclic) bond motifs is 1. The topological polar surface area (TPSA) is 59.4 Å². The van der Waals surface area contributed by atoms with Gasteiger partial charge in [0.1, 0.15) is 6.61 Å². The maximum Gasteiger partial charge on any atom is 0.255 e. The van der Waals surface area contributed by atoms with Crippen molar-refractivity contribution in [2.45, 2.75) is 19.5 Å². The van der Waals surface area contributed by atoms with E-state index in [2.05, 4.69) is 19.8 Å². The van der Waals surface area contributed by atoms with Crippen molar-refractivity contribution >= 4 is 46.4 Å². The smallest absolute Gasteiger partial charge is 0.255 e. The van der Waals surface area contributed by atoms with Crippen LogP contribution in [0.1, 0.15) is 27.2 Å². The van der Waals surface area contributed by atoms with Crippen molar-refractivity contribution in [3.63, 3.8) is 0 Å². The third-order valence-corrected chi connectivity index (χ3v) is 7.14. The van der Waals surface area contributed by atoms with E-state index in [0.717, 1.165) is 22.5 Å². The van der Waals surface area contributed by atoms with Gasteiger partial charge >= 0.3 is 0 Å². The summed E-state index contributed by atoms with van der Waals surface area (Å²) in [6.07, 6.45) is 4.31. The van der Waals surface area contributed by atoms with Gasteiger partial charge in [0.2, 0.25) is 0 Å². The summed E-state index contributed by atoms with van der Waals surface area (Å²) < 4.78 is 8.11. The van der Waals surface area contributed by atoms with Crippen molar-refractivity contribution in [3.8, 4) is 5.75 Å². The number of nitrogens with zero attached hydrogens (tertiary/aromatic N) is 3. The van der Waals surface area contributed by atoms with Crippen molar-refractivity contribution in [3.05, 3.63) is 111 Å². The minimum Gasteiger partial charge on any atom is -0.489 e. The van der Waals surface area contributed by atoms with E-state index in [1.165, 1.54) is 0 Å². The fourth-order valence-electron chi connectivity index (χ4n) is 4.38. The van der Waals surface area contributed by atoms with Gasteiger partial charge in [-0.15, -0.1) is 0 Å². The molecule has 0 aliphatic carbocycles. The Bertz CT molecular complexity index is 1410. The molecule has 0 unspecified atom stereocenters. The van der Waals surface area contributed by atoms with Gasteiger partial charge in [-0.05, 0) is 53.9 Å². The maximum absolute atomic E-state index is 13.1. The highest BCUT2D eigenvalue weighted by atomic mass is 35.5. The lowest BCUT2D eigenvalue weighted by Gasteiger charge is -2.32. The Hall–Kier alpha value is -3.19. The molecule has 0 spiro atoms. The minimum atomic E-state index is -0.184. The van der Waals surface area contributed by atoms with Crippen LogP contribution in [0.4, 0.5) is 5.69 Å². The van der Waals surface area contributed by atoms with Crippen molar-refractivity contribution in [1.82, 2.24) is 14.9 Å². The molecule has 1 N–H and O–H groups in total. The Morgan fingerprint density at radius 1 is 1.00 bits per heavy atom. The van der Waals surface area contributed by atoms with Crippen LogP contribution in [0.5, 0.6) is 5.75 Å². The summed E-state index contributed by atoms with van der Waals surface area (Å²) in [6.45, 7) is 2.98. The lowest BCUT2D eigenvalue weighted by molar-refractivity contribution is 0.0949. The van der Waals surface area contributed by atoms with Crippen LogP contribution >= 0.6 is 34.8 Å². The van der Waals surface area contributed by atoms with Crippen molar-refractivity contribution in [2.24, 2.45) is 0 Å². The van der Waals surface area contributed by atoms with Crippen LogP contribution in [0, 0.1) is 0 Å². The summed E-state index contributed by atoms with van der Waals surface area (Å²) in [5.74, 6) is 0.413. The first-order valence-corrected chi connectivity index (χ1v) is 13.1. The summed E-state index contributed by atoms with van der Waals surface area (Å²) in [7, 11) is 0. The average molecular weight is 556 g/mol. The number of hydrogen-bond donors (Lipinski definition) is 1. The molecule has 1 aliphatic heterocycles. The van der Waals surface area contributed by atoms with E-state index in [0.29, 0.717) is 65.6 Å². The van der Waals surface area contributed by atoms with Crippen molar-refractivity contribution in [2.75, 3.05) is 24.6 Å². The number of benzene rings is 3. The number of para-hydroxylation sites is 1. The second-order valence-corrected chi connectivity index (χ2v) is 10.1. The number of anilines is 1. The molecule has 0 fully saturated rings. The maximum atomic E-state index is 13.1. The van der Waals surface area contributed by atoms with Crippen molar-refractivity contribution < 1.29 is 9.53 Å². The molecule has 5 rings (SSSR count). The molecule has 1 amide bonds. The Morgan fingerprint density at radius 2 is 1.81 bits per heavy atom. The highest BCUT2D eigenvalue weighted by Gasteiger charge is 2.24. The highest BCUT2D eigenvalue weighted by molar-refractivity contribution is 6.35. The van der Waals surface area contributed by atoms with Gasteiger partial charge in [0.25, 0.3) is 5.91 Å². The van der Waals surface area contributed by atoms with Crippen LogP contribution in [0.3, 0.4) is 0 Å². The molecule has 0 saturated heterocycles. The molecular formula is C28H25Cl3N4O2. The van der Waals surface area contributed by atoms with Gasteiger partial charge < -0.3 is 19.5 Å². The fourth-order valence-corrected chi connectivity index (χ4v) is 5.01. The van der Waals surface area contributed by atoms with Gasteiger partial charge in [-0.2, -0.15) is 0 Å². The number of rotatable bonds is 8. The summed E-state index contributed by atoms with van der Waals surface area (Å²) in [4.78, 5) is 19.7. The lowest BCUT2D eigenvalue weighted by Crippen LogP contribution is -2.34. The van der Waals surface area contributed by atoms with E-state index in [9.17, 15) is 4.79 Å². The lowest BCUT2D eigenvalue weighted by atomic mass is 10.1. The molecule has 9 heteroatoms. The Kier molecular flexibility index (Phi) is 7.89. The molecule has 0 bridgehead atoms. The van der Waals surface area contributed by atoms with E-state index in [1.54, 1.807) is 18.2 Å². The van der Waals surface area contributed by atoms with E-state index in [4.69, 9.17) is 39.5 Å². The Balaban J connectivity index is 1.28. The Morgan fingerprint density at radius 3 is 2.62 bits per heavy atom. The number of aromatic nitrogens is 2. The average Bonchev–Trinajstić information content (AvgIpc) is 3.33. The summed E-state index contributed by atoms with van der Waals surface area (Å²) in [6, 6.07) is 18.8. The monoisotopic (exact) mass is 554 g/mol. The van der Waals surface area contributed by atoms with Crippen LogP contribution in [0.15, 0.2) is 73.2 Å². The van der Waals surface area contributed by atoms with E-state index in [1.807, 2.05) is 55.0 Å². The second-order valence-electron chi connectivity index (χ2n) is 8.80. The van der Waals surface area contributed by atoms with Gasteiger partial charge in [0.05, 0.1) is 36.4 Å². The van der Waals surface area contributed by atoms with Crippen LogP contribution in [-0.2, 0) is 19.5 Å². The third-order valence-electron chi connectivity index (χ3n) is 6.30. The standard InChI is InChI=1S/C28H25Cl3N4O2/c29-21-7-4-19(5-8-21)16-35-18-32-15-23(35)17-34-12-13-37-27-24(2-1-3-26(27)34)28(36)33-11-10-20-6-9-22(30)14-25(20)31/h1-9,14-15,18H,10-13,16-17H2,(H,33,36). The minimum absolute atomic E-state index is 0.184. The van der Waals surface area contributed by atoms with Gasteiger partial charge in [-0.25, -0.2) is 4.98 Å². The predicted molar refractivity (Wildman–Crippen MR) is 148 cm³/mol. The number of nitrogens with one attached hydrogen (secondary N) is 1. The van der Waals surface area contributed by atoms with E-state index in [-0.39, 0.29) is 5.91 Å². The molecule has 4 aromatic rings. The number of halogens is 3. The molecule has 1 aliphatic rings. The van der Waals surface area contributed by atoms with Crippen LogP contribution in [-0.4, -0.2) is 35.2 Å². The quantitative estimate of drug-likeness (QED) is 0.279. The first kappa shape index (κ1) is 25.5. The number of hydrogen-bond acceptors (Lipinski definition) is 4. The summed E-state index contributed by atoms with van der Waals surface area (Å²) >= 11 is 18.3. The largest absolute Gasteiger partial charge is 0.489 e. The zero-order valence-corrected chi connectivity index (χ0v) is 22.2. The molecule has 190 valence electrons. The fraction of sp³-hybridized carbons (Fsp3) is 0.214. The van der Waals surface area contributed by atoms with Crippen LogP contribution < -0.4 is 15.0 Å². The zero-order chi connectivity index (χ0) is 25.8. The molecule has 6 nitrogen and oxygen atoms in total. The molecule has 0 saturated carbocycles. The first-order valence-electron chi connectivity index (χ1n) is 11.9. The molecule has 3 aromatic carbocycles. The molecule has 2 heterocycles. The summed E-state index contributed by atoms with van der Waals surface area (Å²) in [5, 5.41) is 4.88. The number of amides is 1. The van der Waals surface area contributed by atoms with Crippen LogP contribution in [0.25, 0.3) is 0 Å². The third kappa shape index (κ3) is 6.04. The van der Waals surface area contributed by atoms with Crippen molar-refractivity contribution in [1.29, 1.82) is 0 Å². The molecule has 1 aromatic heterocycles.